The maximum Gasteiger partial charge on any atom is 0.315 e. The molecule has 130 valence electrons. The number of amides is 1. The van der Waals surface area contributed by atoms with Gasteiger partial charge in [-0.3, -0.25) is 9.59 Å². The van der Waals surface area contributed by atoms with Crippen molar-refractivity contribution in [3.63, 3.8) is 0 Å². The lowest BCUT2D eigenvalue weighted by Crippen LogP contribution is -2.40. The monoisotopic (exact) mass is 329 g/mol. The normalized spacial score (nSPS) is 21.0. The van der Waals surface area contributed by atoms with Gasteiger partial charge < -0.3 is 9.64 Å². The van der Waals surface area contributed by atoms with E-state index in [-0.39, 0.29) is 18.3 Å². The molecule has 1 fully saturated rings. The molecule has 1 aromatic carbocycles. The van der Waals surface area contributed by atoms with E-state index in [1.807, 2.05) is 52.8 Å². The molecule has 1 amide bonds. The van der Waals surface area contributed by atoms with Crippen LogP contribution in [0.3, 0.4) is 0 Å². The van der Waals surface area contributed by atoms with Gasteiger partial charge in [0.1, 0.15) is 5.60 Å². The number of nitrogens with zero attached hydrogens (tertiary/aromatic N) is 1. The summed E-state index contributed by atoms with van der Waals surface area (Å²) in [5, 5.41) is 0. The molecule has 1 atom stereocenters. The van der Waals surface area contributed by atoms with Crippen LogP contribution in [0.1, 0.15) is 44.7 Å². The number of allylic oxidation sites excluding steroid dienone is 1. The highest BCUT2D eigenvalue weighted by molar-refractivity contribution is 6.02. The van der Waals surface area contributed by atoms with Crippen LogP contribution in [-0.2, 0) is 14.3 Å². The Morgan fingerprint density at radius 3 is 2.42 bits per heavy atom. The zero-order valence-electron chi connectivity index (χ0n) is 15.3. The molecule has 0 bridgehead atoms. The molecule has 2 rings (SSSR count). The summed E-state index contributed by atoms with van der Waals surface area (Å²) in [4.78, 5) is 27.3. The highest BCUT2D eigenvalue weighted by Crippen LogP contribution is 2.41. The number of hydrogen-bond donors (Lipinski definition) is 0. The topological polar surface area (TPSA) is 46.6 Å². The van der Waals surface area contributed by atoms with Gasteiger partial charge in [0.2, 0.25) is 5.91 Å². The van der Waals surface area contributed by atoms with Gasteiger partial charge in [0, 0.05) is 18.7 Å². The predicted molar refractivity (Wildman–Crippen MR) is 96.0 cm³/mol. The Morgan fingerprint density at radius 2 is 1.92 bits per heavy atom. The number of carbonyl (C=O) groups is 2. The van der Waals surface area contributed by atoms with Gasteiger partial charge in [0.15, 0.2) is 0 Å². The number of para-hydroxylation sites is 1. The largest absolute Gasteiger partial charge is 0.459 e. The van der Waals surface area contributed by atoms with E-state index in [4.69, 9.17) is 4.74 Å². The average Bonchev–Trinajstić information content (AvgIpc) is 2.75. The van der Waals surface area contributed by atoms with Crippen LogP contribution in [0, 0.1) is 19.3 Å². The van der Waals surface area contributed by atoms with Gasteiger partial charge >= 0.3 is 5.97 Å². The molecule has 1 aromatic rings. The smallest absolute Gasteiger partial charge is 0.315 e. The molecule has 0 radical (unpaired) electrons. The molecule has 4 nitrogen and oxygen atoms in total. The molecule has 1 heterocycles. The van der Waals surface area contributed by atoms with Crippen LogP contribution in [0.2, 0.25) is 0 Å². The summed E-state index contributed by atoms with van der Waals surface area (Å²) in [5.74, 6) is -0.364. The van der Waals surface area contributed by atoms with Crippen LogP contribution in [0.25, 0.3) is 0 Å². The van der Waals surface area contributed by atoms with Crippen molar-refractivity contribution in [3.05, 3.63) is 42.0 Å². The summed E-state index contributed by atoms with van der Waals surface area (Å²) in [7, 11) is 0. The molecule has 4 heteroatoms. The van der Waals surface area contributed by atoms with E-state index in [2.05, 4.69) is 6.58 Å². The third-order valence-corrected chi connectivity index (χ3v) is 4.33. The predicted octanol–water partition coefficient (Wildman–Crippen LogP) is 3.94. The Kier molecular flexibility index (Phi) is 4.88. The molecule has 0 saturated carbocycles. The molecular weight excluding hydrogens is 302 g/mol. The molecule has 0 N–H and O–H groups in total. The van der Waals surface area contributed by atoms with Crippen LogP contribution < -0.4 is 4.90 Å². The summed E-state index contributed by atoms with van der Waals surface area (Å²) in [6, 6.07) is 5.94. The molecule has 24 heavy (non-hydrogen) atoms. The van der Waals surface area contributed by atoms with Gasteiger partial charge in [0.05, 0.1) is 5.41 Å². The fraction of sp³-hybridized carbons (Fsp3) is 0.500. The maximum absolute atomic E-state index is 12.8. The minimum absolute atomic E-state index is 0.0416. The van der Waals surface area contributed by atoms with Crippen LogP contribution >= 0.6 is 0 Å². The third-order valence-electron chi connectivity index (χ3n) is 4.33. The first kappa shape index (κ1) is 18.2. The quantitative estimate of drug-likeness (QED) is 0.621. The molecular formula is C20H27NO3. The van der Waals surface area contributed by atoms with E-state index in [1.54, 1.807) is 11.0 Å². The van der Waals surface area contributed by atoms with E-state index in [1.165, 1.54) is 0 Å². The summed E-state index contributed by atoms with van der Waals surface area (Å²) in [6.45, 7) is 13.6. The fourth-order valence-electron chi connectivity index (χ4n) is 3.29. The van der Waals surface area contributed by atoms with Crippen molar-refractivity contribution in [2.75, 3.05) is 11.4 Å². The number of carbonyl (C=O) groups excluding carboxylic acids is 2. The fourth-order valence-corrected chi connectivity index (χ4v) is 3.29. The first-order chi connectivity index (χ1) is 11.1. The molecule has 1 saturated heterocycles. The second-order valence-electron chi connectivity index (χ2n) is 7.67. The van der Waals surface area contributed by atoms with Crippen molar-refractivity contribution in [2.24, 2.45) is 5.41 Å². The summed E-state index contributed by atoms with van der Waals surface area (Å²) < 4.78 is 5.60. The summed E-state index contributed by atoms with van der Waals surface area (Å²) in [6.07, 6.45) is 2.28. The van der Waals surface area contributed by atoms with E-state index in [0.29, 0.717) is 13.0 Å². The van der Waals surface area contributed by atoms with Gasteiger partial charge in [-0.15, -0.1) is 6.58 Å². The van der Waals surface area contributed by atoms with Gasteiger partial charge in [-0.2, -0.15) is 0 Å². The molecule has 0 aliphatic carbocycles. The zero-order valence-corrected chi connectivity index (χ0v) is 15.3. The number of rotatable bonds is 4. The second kappa shape index (κ2) is 6.42. The van der Waals surface area contributed by atoms with Crippen LogP contribution in [-0.4, -0.2) is 24.0 Å². The number of ether oxygens (including phenoxy) is 1. The number of benzene rings is 1. The first-order valence-electron chi connectivity index (χ1n) is 8.30. The number of hydrogen-bond acceptors (Lipinski definition) is 3. The lowest BCUT2D eigenvalue weighted by atomic mass is 9.83. The number of anilines is 1. The van der Waals surface area contributed by atoms with Crippen molar-refractivity contribution < 1.29 is 14.3 Å². The Bertz CT molecular complexity index is 652. The number of aryl methyl sites for hydroxylation is 2. The number of esters is 1. The zero-order chi connectivity index (χ0) is 18.1. The Hall–Kier alpha value is -2.10. The van der Waals surface area contributed by atoms with E-state index in [9.17, 15) is 9.59 Å². The van der Waals surface area contributed by atoms with Crippen molar-refractivity contribution in [1.29, 1.82) is 0 Å². The van der Waals surface area contributed by atoms with Crippen molar-refractivity contribution in [2.45, 2.75) is 53.1 Å². The van der Waals surface area contributed by atoms with Gasteiger partial charge in [0.25, 0.3) is 0 Å². The minimum atomic E-state index is -0.860. The van der Waals surface area contributed by atoms with Crippen LogP contribution in [0.4, 0.5) is 5.69 Å². The third kappa shape index (κ3) is 3.53. The molecule has 1 aliphatic rings. The molecule has 1 unspecified atom stereocenters. The second-order valence-corrected chi connectivity index (χ2v) is 7.67. The summed E-state index contributed by atoms with van der Waals surface area (Å²) in [5.41, 5.74) is 1.52. The van der Waals surface area contributed by atoms with Gasteiger partial charge in [-0.25, -0.2) is 0 Å². The van der Waals surface area contributed by atoms with Crippen LogP contribution in [0.5, 0.6) is 0 Å². The molecule has 0 spiro atoms. The van der Waals surface area contributed by atoms with Crippen molar-refractivity contribution >= 4 is 17.6 Å². The van der Waals surface area contributed by atoms with E-state index >= 15 is 0 Å². The van der Waals surface area contributed by atoms with Crippen molar-refractivity contribution in [3.8, 4) is 0 Å². The minimum Gasteiger partial charge on any atom is -0.459 e. The highest BCUT2D eigenvalue weighted by Gasteiger charge is 2.50. The van der Waals surface area contributed by atoms with Gasteiger partial charge in [-0.1, -0.05) is 24.3 Å². The van der Waals surface area contributed by atoms with E-state index < -0.39 is 11.0 Å². The lowest BCUT2D eigenvalue weighted by Gasteiger charge is -2.30. The maximum atomic E-state index is 12.8. The van der Waals surface area contributed by atoms with Crippen molar-refractivity contribution in [1.82, 2.24) is 0 Å². The van der Waals surface area contributed by atoms with Gasteiger partial charge in [-0.05, 0) is 52.2 Å². The highest BCUT2D eigenvalue weighted by atomic mass is 16.6. The summed E-state index contributed by atoms with van der Waals surface area (Å²) >= 11 is 0. The van der Waals surface area contributed by atoms with Crippen LogP contribution in [0.15, 0.2) is 30.9 Å². The Morgan fingerprint density at radius 1 is 1.33 bits per heavy atom. The van der Waals surface area contributed by atoms with E-state index in [0.717, 1.165) is 16.8 Å². The lowest BCUT2D eigenvalue weighted by molar-refractivity contribution is -0.166. The molecule has 1 aliphatic heterocycles. The molecule has 0 aromatic heterocycles. The Balaban J connectivity index is 2.39. The standard InChI is InChI=1S/C20H27NO3/c1-7-11-20(18(23)24-19(4,5)6)12-16(22)21(13-20)17-14(2)9-8-10-15(17)3/h7-10H,1,11-13H2,2-6H3. The average molecular weight is 329 g/mol. The first-order valence-corrected chi connectivity index (χ1v) is 8.30. The SMILES string of the molecule is C=CCC1(C(=O)OC(C)(C)C)CC(=O)N(c2c(C)cccc2C)C1. The Labute approximate surface area is 144 Å².